The van der Waals surface area contributed by atoms with Crippen LogP contribution in [0.3, 0.4) is 0 Å². The maximum absolute atomic E-state index is 15.6. The largest absolute Gasteiger partial charge is 0.507 e. The molecule has 0 spiro atoms. The van der Waals surface area contributed by atoms with Gasteiger partial charge >= 0.3 is 0 Å². The summed E-state index contributed by atoms with van der Waals surface area (Å²) in [4.78, 5) is 6.62. The Morgan fingerprint density at radius 3 is 2.81 bits per heavy atom. The van der Waals surface area contributed by atoms with Gasteiger partial charge in [-0.1, -0.05) is 6.07 Å². The highest BCUT2D eigenvalue weighted by molar-refractivity contribution is 5.74. The standard InChI is InChI=1S/C26H30FN7O2/c1-26-9-3-4-19(30-26)24(27)21(12-26)34(17-6-7-17)25-28-14-20(31-33-25)18-8-5-15(10-22(18)35)16-11-23(36-2)32-29-13-16/h5,8,10-11,13-14,17,19,21,24,30,35H,3-4,6-7,9,12H2,1-2H3/t19-,21+,24-,26+/m0/s1/i2D3. The molecule has 3 fully saturated rings. The lowest BCUT2D eigenvalue weighted by atomic mass is 9.74. The third-order valence-electron chi connectivity index (χ3n) is 7.61. The Hall–Kier alpha value is -3.40. The Kier molecular flexibility index (Phi) is 4.89. The van der Waals surface area contributed by atoms with Gasteiger partial charge in [0, 0.05) is 34.8 Å². The highest BCUT2D eigenvalue weighted by Crippen LogP contribution is 2.42. The van der Waals surface area contributed by atoms with Gasteiger partial charge in [-0.3, -0.25) is 0 Å². The fourth-order valence-corrected chi connectivity index (χ4v) is 5.73. The predicted molar refractivity (Wildman–Crippen MR) is 132 cm³/mol. The number of hydrogen-bond donors (Lipinski definition) is 2. The van der Waals surface area contributed by atoms with Crippen molar-refractivity contribution in [2.75, 3.05) is 11.9 Å². The maximum atomic E-state index is 15.6. The van der Waals surface area contributed by atoms with Gasteiger partial charge in [-0.15, -0.1) is 15.3 Å². The number of fused-ring (bicyclic) bond motifs is 2. The van der Waals surface area contributed by atoms with Gasteiger partial charge in [0.2, 0.25) is 11.8 Å². The van der Waals surface area contributed by atoms with Crippen LogP contribution in [0.2, 0.25) is 0 Å². The van der Waals surface area contributed by atoms with Crippen LogP contribution in [0, 0.1) is 0 Å². The number of nitrogens with zero attached hydrogens (tertiary/aromatic N) is 6. The Bertz CT molecular complexity index is 1360. The molecule has 1 aliphatic carbocycles. The SMILES string of the molecule is [2H]C([2H])([2H])Oc1cc(-c2ccc(-c3cnc(N(C4CC4)[C@@H]4C[C@@]5(C)CCC[C@H](N5)[C@@H]4F)nn3)c(O)c2)cnn1. The molecular formula is C26H30FN7O2. The van der Waals surface area contributed by atoms with Crippen LogP contribution in [-0.2, 0) is 0 Å². The predicted octanol–water partition coefficient (Wildman–Crippen LogP) is 3.69. The number of nitrogens with one attached hydrogen (secondary N) is 1. The van der Waals surface area contributed by atoms with Gasteiger partial charge in [-0.05, 0) is 63.1 Å². The van der Waals surface area contributed by atoms with Crippen molar-refractivity contribution < 1.29 is 18.3 Å². The number of rotatable bonds is 6. The van der Waals surface area contributed by atoms with E-state index < -0.39 is 13.2 Å². The third kappa shape index (κ3) is 4.23. The lowest BCUT2D eigenvalue weighted by molar-refractivity contribution is 0.0582. The summed E-state index contributed by atoms with van der Waals surface area (Å²) < 4.78 is 42.2. The molecule has 2 N–H and O–H groups in total. The second-order valence-electron chi connectivity index (χ2n) is 10.3. The number of aromatic nitrogens is 5. The van der Waals surface area contributed by atoms with Crippen LogP contribution in [0.15, 0.2) is 36.7 Å². The molecule has 10 heteroatoms. The van der Waals surface area contributed by atoms with Crippen molar-refractivity contribution >= 4 is 5.95 Å². The van der Waals surface area contributed by atoms with Gasteiger partial charge in [-0.2, -0.15) is 5.10 Å². The van der Waals surface area contributed by atoms with Crippen molar-refractivity contribution in [3.63, 3.8) is 0 Å². The van der Waals surface area contributed by atoms with Crippen molar-refractivity contribution in [3.05, 3.63) is 36.7 Å². The summed E-state index contributed by atoms with van der Waals surface area (Å²) in [6, 6.07) is 6.11. The molecular weight excluding hydrogens is 461 g/mol. The summed E-state index contributed by atoms with van der Waals surface area (Å²) in [6.07, 6.45) is 7.54. The second kappa shape index (κ2) is 8.92. The number of halogens is 1. The fourth-order valence-electron chi connectivity index (χ4n) is 5.73. The average Bonchev–Trinajstić information content (AvgIpc) is 3.72. The Morgan fingerprint density at radius 2 is 2.06 bits per heavy atom. The van der Waals surface area contributed by atoms with Crippen molar-refractivity contribution in [2.24, 2.45) is 0 Å². The van der Waals surface area contributed by atoms with E-state index >= 15 is 4.39 Å². The number of benzene rings is 1. The summed E-state index contributed by atoms with van der Waals surface area (Å²) in [5.41, 5.74) is 1.82. The number of anilines is 1. The molecule has 36 heavy (non-hydrogen) atoms. The molecule has 0 amide bonds. The van der Waals surface area contributed by atoms with Crippen molar-refractivity contribution in [1.82, 2.24) is 30.7 Å². The number of piperidine rings is 2. The quantitative estimate of drug-likeness (QED) is 0.530. The van der Waals surface area contributed by atoms with Gasteiger partial charge < -0.3 is 20.1 Å². The van der Waals surface area contributed by atoms with Crippen molar-refractivity contribution in [1.29, 1.82) is 0 Å². The lowest BCUT2D eigenvalue weighted by Gasteiger charge is -2.52. The first kappa shape index (κ1) is 19.7. The number of ether oxygens (including phenoxy) is 1. The third-order valence-corrected chi connectivity index (χ3v) is 7.61. The van der Waals surface area contributed by atoms with E-state index in [4.69, 9.17) is 8.85 Å². The summed E-state index contributed by atoms with van der Waals surface area (Å²) >= 11 is 0. The molecule has 188 valence electrons. The molecule has 1 saturated carbocycles. The van der Waals surface area contributed by atoms with E-state index in [1.54, 1.807) is 18.3 Å². The molecule has 2 aliphatic heterocycles. The smallest absolute Gasteiger partial charge is 0.245 e. The molecule has 3 aliphatic rings. The van der Waals surface area contributed by atoms with Crippen LogP contribution in [0.4, 0.5) is 10.3 Å². The van der Waals surface area contributed by atoms with Crippen LogP contribution in [-0.4, -0.2) is 67.4 Å². The van der Waals surface area contributed by atoms with E-state index in [0.29, 0.717) is 34.8 Å². The molecule has 0 radical (unpaired) electrons. The Morgan fingerprint density at radius 1 is 1.17 bits per heavy atom. The number of methoxy groups -OCH3 is 1. The van der Waals surface area contributed by atoms with Crippen molar-refractivity contribution in [3.8, 4) is 34.0 Å². The van der Waals surface area contributed by atoms with Crippen LogP contribution >= 0.6 is 0 Å². The molecule has 9 nitrogen and oxygen atoms in total. The Balaban J connectivity index is 1.24. The molecule has 4 heterocycles. The van der Waals surface area contributed by atoms with Crippen LogP contribution in [0.5, 0.6) is 11.6 Å². The minimum atomic E-state index is -2.65. The highest BCUT2D eigenvalue weighted by Gasteiger charge is 2.50. The molecule has 6 rings (SSSR count). The second-order valence-corrected chi connectivity index (χ2v) is 10.3. The summed E-state index contributed by atoms with van der Waals surface area (Å²) in [7, 11) is -2.65. The molecule has 2 aromatic heterocycles. The van der Waals surface area contributed by atoms with Crippen LogP contribution in [0.1, 0.15) is 49.6 Å². The zero-order valence-corrected chi connectivity index (χ0v) is 19.9. The first-order valence-electron chi connectivity index (χ1n) is 13.8. The van der Waals surface area contributed by atoms with Crippen molar-refractivity contribution in [2.45, 2.75) is 75.3 Å². The van der Waals surface area contributed by atoms with Gasteiger partial charge in [0.1, 0.15) is 17.6 Å². The van der Waals surface area contributed by atoms with E-state index in [0.717, 1.165) is 32.1 Å². The lowest BCUT2D eigenvalue weighted by Crippen LogP contribution is -2.67. The Labute approximate surface area is 213 Å². The molecule has 0 unspecified atom stereocenters. The van der Waals surface area contributed by atoms with Crippen LogP contribution < -0.4 is 15.0 Å². The van der Waals surface area contributed by atoms with E-state index in [1.165, 1.54) is 18.3 Å². The molecule has 2 saturated heterocycles. The minimum Gasteiger partial charge on any atom is -0.507 e. The number of aromatic hydroxyl groups is 1. The average molecular weight is 495 g/mol. The molecule has 1 aromatic carbocycles. The monoisotopic (exact) mass is 494 g/mol. The minimum absolute atomic E-state index is 0.0616. The number of alkyl halides is 1. The highest BCUT2D eigenvalue weighted by atomic mass is 19.1. The summed E-state index contributed by atoms with van der Waals surface area (Å²) in [5, 5.41) is 30.5. The molecule has 4 atom stereocenters. The van der Waals surface area contributed by atoms with Gasteiger partial charge in [0.25, 0.3) is 0 Å². The number of phenols is 1. The maximum Gasteiger partial charge on any atom is 0.245 e. The summed E-state index contributed by atoms with van der Waals surface area (Å²) in [5.74, 6) is 0.204. The normalized spacial score (nSPS) is 29.1. The summed E-state index contributed by atoms with van der Waals surface area (Å²) in [6.45, 7) is 2.18. The van der Waals surface area contributed by atoms with Gasteiger partial charge in [0.15, 0.2) is 0 Å². The zero-order valence-electron chi connectivity index (χ0n) is 22.9. The first-order chi connectivity index (χ1) is 18.6. The van der Waals surface area contributed by atoms with E-state index in [1.807, 2.05) is 4.90 Å². The van der Waals surface area contributed by atoms with Gasteiger partial charge in [-0.25, -0.2) is 9.37 Å². The number of phenolic OH excluding ortho intramolecular Hbond substituents is 1. The molecule has 2 bridgehead atoms. The molecule has 3 aromatic rings. The van der Waals surface area contributed by atoms with E-state index in [9.17, 15) is 5.11 Å². The van der Waals surface area contributed by atoms with Gasteiger partial charge in [0.05, 0.1) is 29.6 Å². The first-order valence-corrected chi connectivity index (χ1v) is 12.3. The fraction of sp³-hybridized carbons (Fsp3) is 0.500. The van der Waals surface area contributed by atoms with Crippen LogP contribution in [0.25, 0.3) is 22.4 Å². The topological polar surface area (TPSA) is 109 Å². The van der Waals surface area contributed by atoms with E-state index in [2.05, 4.69) is 37.6 Å². The number of hydrogen-bond acceptors (Lipinski definition) is 9. The zero-order chi connectivity index (χ0) is 27.4. The van der Waals surface area contributed by atoms with E-state index in [-0.39, 0.29) is 35.3 Å².